The molecule has 2 heterocycles. The highest BCUT2D eigenvalue weighted by Crippen LogP contribution is 2.42. The Morgan fingerprint density at radius 2 is 2.04 bits per heavy atom. The number of aromatic nitrogens is 3. The number of pyridine rings is 1. The van der Waals surface area contributed by atoms with Gasteiger partial charge in [0.2, 0.25) is 0 Å². The molecular weight excluding hydrogens is 350 g/mol. The van der Waals surface area contributed by atoms with Crippen LogP contribution < -0.4 is 0 Å². The van der Waals surface area contributed by atoms with Gasteiger partial charge in [-0.15, -0.1) is 0 Å². The van der Waals surface area contributed by atoms with Crippen molar-refractivity contribution in [2.24, 2.45) is 11.3 Å². The molecule has 0 radical (unpaired) electrons. The maximum atomic E-state index is 6.43. The SMILES string of the molecule is COC1C(Cn2ccnc2)C(OCc2ccc3ccccc3n2)CCC1(C)C. The highest BCUT2D eigenvalue weighted by atomic mass is 16.5. The molecule has 4 rings (SSSR count). The third kappa shape index (κ3) is 3.96. The second-order valence-corrected chi connectivity index (χ2v) is 8.45. The van der Waals surface area contributed by atoms with E-state index in [-0.39, 0.29) is 23.5 Å². The van der Waals surface area contributed by atoms with Crippen LogP contribution in [0.15, 0.2) is 55.1 Å². The zero-order valence-corrected chi connectivity index (χ0v) is 16.9. The highest BCUT2D eigenvalue weighted by Gasteiger charge is 2.45. The Morgan fingerprint density at radius 3 is 2.82 bits per heavy atom. The maximum absolute atomic E-state index is 6.43. The number of hydrogen-bond donors (Lipinski definition) is 0. The fourth-order valence-corrected chi connectivity index (χ4v) is 4.58. The van der Waals surface area contributed by atoms with Gasteiger partial charge in [0.25, 0.3) is 0 Å². The quantitative estimate of drug-likeness (QED) is 0.634. The van der Waals surface area contributed by atoms with Gasteiger partial charge in [-0.05, 0) is 30.4 Å². The van der Waals surface area contributed by atoms with Crippen LogP contribution in [0.2, 0.25) is 0 Å². The van der Waals surface area contributed by atoms with E-state index in [9.17, 15) is 0 Å². The highest BCUT2D eigenvalue weighted by molar-refractivity contribution is 5.78. The maximum Gasteiger partial charge on any atom is 0.0946 e. The van der Waals surface area contributed by atoms with Crippen LogP contribution in [-0.2, 0) is 22.6 Å². The first-order valence-corrected chi connectivity index (χ1v) is 10.0. The molecule has 0 bridgehead atoms. The molecular formula is C23H29N3O2. The number of rotatable bonds is 6. The van der Waals surface area contributed by atoms with E-state index in [0.29, 0.717) is 6.61 Å². The summed E-state index contributed by atoms with van der Waals surface area (Å²) < 4.78 is 14.5. The summed E-state index contributed by atoms with van der Waals surface area (Å²) in [4.78, 5) is 8.95. The number of nitrogens with zero attached hydrogens (tertiary/aromatic N) is 3. The van der Waals surface area contributed by atoms with E-state index in [0.717, 1.165) is 36.0 Å². The van der Waals surface area contributed by atoms with Crippen molar-refractivity contribution in [3.05, 3.63) is 60.8 Å². The minimum Gasteiger partial charge on any atom is -0.380 e. The van der Waals surface area contributed by atoms with Gasteiger partial charge in [0.05, 0.1) is 36.4 Å². The molecule has 0 aliphatic heterocycles. The predicted octanol–water partition coefficient (Wildman–Crippen LogP) is 4.47. The van der Waals surface area contributed by atoms with E-state index < -0.39 is 0 Å². The van der Waals surface area contributed by atoms with Crippen molar-refractivity contribution in [2.75, 3.05) is 7.11 Å². The Hall–Kier alpha value is -2.24. The Balaban J connectivity index is 1.51. The summed E-state index contributed by atoms with van der Waals surface area (Å²) in [6, 6.07) is 12.4. The van der Waals surface area contributed by atoms with Crippen molar-refractivity contribution in [3.8, 4) is 0 Å². The summed E-state index contributed by atoms with van der Waals surface area (Å²) in [5.74, 6) is 0.267. The molecule has 5 heteroatoms. The topological polar surface area (TPSA) is 49.2 Å². The molecule has 3 unspecified atom stereocenters. The predicted molar refractivity (Wildman–Crippen MR) is 110 cm³/mol. The van der Waals surface area contributed by atoms with Gasteiger partial charge in [-0.3, -0.25) is 4.98 Å². The van der Waals surface area contributed by atoms with E-state index in [2.05, 4.69) is 41.6 Å². The fraction of sp³-hybridized carbons (Fsp3) is 0.478. The van der Waals surface area contributed by atoms with Crippen LogP contribution in [0.3, 0.4) is 0 Å². The molecule has 0 N–H and O–H groups in total. The van der Waals surface area contributed by atoms with E-state index in [1.165, 1.54) is 0 Å². The van der Waals surface area contributed by atoms with Crippen LogP contribution in [-0.4, -0.2) is 33.9 Å². The molecule has 1 aliphatic carbocycles. The van der Waals surface area contributed by atoms with Crippen molar-refractivity contribution in [1.82, 2.24) is 14.5 Å². The molecule has 0 saturated heterocycles. The molecule has 148 valence electrons. The van der Waals surface area contributed by atoms with Crippen molar-refractivity contribution < 1.29 is 9.47 Å². The van der Waals surface area contributed by atoms with Crippen LogP contribution in [0, 0.1) is 11.3 Å². The first-order valence-electron chi connectivity index (χ1n) is 10.0. The summed E-state index contributed by atoms with van der Waals surface area (Å²) in [6.45, 7) is 5.96. The first-order chi connectivity index (χ1) is 13.6. The molecule has 5 nitrogen and oxygen atoms in total. The number of hydrogen-bond acceptors (Lipinski definition) is 4. The molecule has 28 heavy (non-hydrogen) atoms. The van der Waals surface area contributed by atoms with E-state index in [4.69, 9.17) is 14.5 Å². The number of fused-ring (bicyclic) bond motifs is 1. The van der Waals surface area contributed by atoms with Gasteiger partial charge >= 0.3 is 0 Å². The summed E-state index contributed by atoms with van der Waals surface area (Å²) in [6.07, 6.45) is 8.09. The van der Waals surface area contributed by atoms with Gasteiger partial charge in [0.15, 0.2) is 0 Å². The van der Waals surface area contributed by atoms with Gasteiger partial charge in [0, 0.05) is 37.4 Å². The minimum atomic E-state index is 0.126. The molecule has 0 amide bonds. The molecule has 1 aliphatic rings. The summed E-state index contributed by atoms with van der Waals surface area (Å²) in [5.41, 5.74) is 2.11. The zero-order valence-electron chi connectivity index (χ0n) is 16.9. The average molecular weight is 380 g/mol. The lowest BCUT2D eigenvalue weighted by atomic mass is 9.68. The molecule has 2 aromatic heterocycles. The van der Waals surface area contributed by atoms with Gasteiger partial charge in [0.1, 0.15) is 0 Å². The third-order valence-corrected chi connectivity index (χ3v) is 6.05. The second kappa shape index (κ2) is 8.02. The van der Waals surface area contributed by atoms with Crippen LogP contribution in [0.4, 0.5) is 0 Å². The van der Waals surface area contributed by atoms with E-state index >= 15 is 0 Å². The van der Waals surface area contributed by atoms with Gasteiger partial charge in [-0.2, -0.15) is 0 Å². The molecule has 1 fully saturated rings. The molecule has 3 aromatic rings. The van der Waals surface area contributed by atoms with Crippen molar-refractivity contribution in [3.63, 3.8) is 0 Å². The number of ether oxygens (including phenoxy) is 2. The largest absolute Gasteiger partial charge is 0.380 e. The number of imidazole rings is 1. The lowest BCUT2D eigenvalue weighted by Crippen LogP contribution is -2.50. The smallest absolute Gasteiger partial charge is 0.0946 e. The average Bonchev–Trinajstić information content (AvgIpc) is 3.20. The van der Waals surface area contributed by atoms with Gasteiger partial charge in [-0.25, -0.2) is 4.98 Å². The minimum absolute atomic E-state index is 0.126. The summed E-state index contributed by atoms with van der Waals surface area (Å²) in [7, 11) is 1.82. The standard InChI is InChI=1S/C23H29N3O2/c1-23(2)11-10-21(19(22(23)27-3)14-26-13-12-24-16-26)28-15-18-9-8-17-6-4-5-7-20(17)25-18/h4-9,12-13,16,19,21-22H,10-11,14-15H2,1-3H3. The Kier molecular flexibility index (Phi) is 5.47. The normalized spacial score (nSPS) is 24.5. The van der Waals surface area contributed by atoms with Crippen LogP contribution in [0.1, 0.15) is 32.4 Å². The first kappa shape index (κ1) is 19.1. The molecule has 1 aromatic carbocycles. The summed E-state index contributed by atoms with van der Waals surface area (Å²) in [5, 5.41) is 1.16. The number of para-hydroxylation sites is 1. The Morgan fingerprint density at radius 1 is 1.18 bits per heavy atom. The fourth-order valence-electron chi connectivity index (χ4n) is 4.58. The Labute approximate surface area is 166 Å². The third-order valence-electron chi connectivity index (χ3n) is 6.05. The van der Waals surface area contributed by atoms with E-state index in [1.807, 2.05) is 44.0 Å². The van der Waals surface area contributed by atoms with Crippen molar-refractivity contribution >= 4 is 10.9 Å². The molecule has 1 saturated carbocycles. The number of benzene rings is 1. The second-order valence-electron chi connectivity index (χ2n) is 8.45. The van der Waals surface area contributed by atoms with Crippen LogP contribution in [0.25, 0.3) is 10.9 Å². The molecule has 3 atom stereocenters. The van der Waals surface area contributed by atoms with Crippen molar-refractivity contribution in [1.29, 1.82) is 0 Å². The molecule has 0 spiro atoms. The van der Waals surface area contributed by atoms with Crippen LogP contribution in [0.5, 0.6) is 0 Å². The monoisotopic (exact) mass is 379 g/mol. The van der Waals surface area contributed by atoms with Gasteiger partial charge < -0.3 is 14.0 Å². The lowest BCUT2D eigenvalue weighted by molar-refractivity contribution is -0.139. The van der Waals surface area contributed by atoms with Crippen LogP contribution >= 0.6 is 0 Å². The summed E-state index contributed by atoms with van der Waals surface area (Å²) >= 11 is 0. The zero-order chi connectivity index (χ0) is 19.6. The lowest BCUT2D eigenvalue weighted by Gasteiger charge is -2.47. The number of methoxy groups -OCH3 is 1. The van der Waals surface area contributed by atoms with E-state index in [1.54, 1.807) is 0 Å². The van der Waals surface area contributed by atoms with Crippen molar-refractivity contribution in [2.45, 2.75) is 52.0 Å². The van der Waals surface area contributed by atoms with Gasteiger partial charge in [-0.1, -0.05) is 38.1 Å². The Bertz CT molecular complexity index is 907.